The Bertz CT molecular complexity index is 519. The van der Waals surface area contributed by atoms with Gasteiger partial charge in [-0.05, 0) is 43.6 Å². The summed E-state index contributed by atoms with van der Waals surface area (Å²) in [6.07, 6.45) is 2.91. The molecule has 1 aliphatic heterocycles. The first-order valence-electron chi connectivity index (χ1n) is 8.03. The summed E-state index contributed by atoms with van der Waals surface area (Å²) in [4.78, 5) is 16.7. The highest BCUT2D eigenvalue weighted by atomic mass is 35.5. The summed E-state index contributed by atoms with van der Waals surface area (Å²) in [7, 11) is 1.61. The Morgan fingerprint density at radius 2 is 2.00 bits per heavy atom. The first-order valence-corrected chi connectivity index (χ1v) is 8.78. The average Bonchev–Trinajstić information content (AvgIpc) is 3.05. The molecule has 4 nitrogen and oxygen atoms in total. The number of benzene rings is 1. The van der Waals surface area contributed by atoms with Crippen LogP contribution in [0, 0.1) is 0 Å². The summed E-state index contributed by atoms with van der Waals surface area (Å²) < 4.78 is 5.03. The quantitative estimate of drug-likeness (QED) is 0.713. The summed E-state index contributed by atoms with van der Waals surface area (Å²) in [6, 6.07) is 5.52. The van der Waals surface area contributed by atoms with E-state index in [9.17, 15) is 4.79 Å². The molecule has 6 heteroatoms. The lowest BCUT2D eigenvalue weighted by molar-refractivity contribution is -0.133. The standard InChI is InChI=1S/C17H24Cl2N2O2/c1-23-11-6-17(22)21(10-9-20-7-2-3-8-20)13-14-4-5-15(18)16(19)12-14/h4-5,12H,2-3,6-11,13H2,1H3. The first-order chi connectivity index (χ1) is 11.1. The molecule has 1 aromatic carbocycles. The molecule has 1 fully saturated rings. The number of amides is 1. The monoisotopic (exact) mass is 358 g/mol. The molecule has 1 heterocycles. The summed E-state index contributed by atoms with van der Waals surface area (Å²) in [5.41, 5.74) is 0.992. The van der Waals surface area contributed by atoms with Gasteiger partial charge in [-0.2, -0.15) is 0 Å². The molecule has 0 N–H and O–H groups in total. The Balaban J connectivity index is 1.98. The predicted octanol–water partition coefficient (Wildman–Crippen LogP) is 3.45. The molecule has 23 heavy (non-hydrogen) atoms. The van der Waals surface area contributed by atoms with Crippen molar-refractivity contribution in [2.45, 2.75) is 25.8 Å². The Labute approximate surface area is 148 Å². The number of carbonyl (C=O) groups excluding carboxylic acids is 1. The maximum atomic E-state index is 12.4. The van der Waals surface area contributed by atoms with Gasteiger partial charge < -0.3 is 14.5 Å². The molecule has 1 saturated heterocycles. The van der Waals surface area contributed by atoms with Crippen LogP contribution in [0.5, 0.6) is 0 Å². The zero-order chi connectivity index (χ0) is 16.7. The van der Waals surface area contributed by atoms with Gasteiger partial charge in [-0.25, -0.2) is 0 Å². The third-order valence-corrected chi connectivity index (χ3v) is 4.85. The smallest absolute Gasteiger partial charge is 0.225 e. The first kappa shape index (κ1) is 18.5. The van der Waals surface area contributed by atoms with Crippen molar-refractivity contribution in [1.82, 2.24) is 9.80 Å². The van der Waals surface area contributed by atoms with Crippen LogP contribution in [0.25, 0.3) is 0 Å². The second-order valence-electron chi connectivity index (χ2n) is 5.86. The number of rotatable bonds is 8. The molecular weight excluding hydrogens is 335 g/mol. The van der Waals surface area contributed by atoms with Gasteiger partial charge in [0.15, 0.2) is 0 Å². The molecule has 0 aromatic heterocycles. The number of halogens is 2. The number of methoxy groups -OCH3 is 1. The number of hydrogen-bond acceptors (Lipinski definition) is 3. The van der Waals surface area contributed by atoms with Crippen LogP contribution in [-0.2, 0) is 16.1 Å². The topological polar surface area (TPSA) is 32.8 Å². The Kier molecular flexibility index (Phi) is 7.63. The molecule has 0 aliphatic carbocycles. The minimum atomic E-state index is 0.108. The molecule has 1 aliphatic rings. The molecular formula is C17H24Cl2N2O2. The third kappa shape index (κ3) is 5.96. The predicted molar refractivity (Wildman–Crippen MR) is 94.0 cm³/mol. The van der Waals surface area contributed by atoms with Gasteiger partial charge in [0.25, 0.3) is 0 Å². The molecule has 0 unspecified atom stereocenters. The molecule has 0 radical (unpaired) electrons. The number of hydrogen-bond donors (Lipinski definition) is 0. The van der Waals surface area contributed by atoms with Gasteiger partial charge in [-0.3, -0.25) is 4.79 Å². The van der Waals surface area contributed by atoms with Crippen molar-refractivity contribution < 1.29 is 9.53 Å². The van der Waals surface area contributed by atoms with Gasteiger partial charge >= 0.3 is 0 Å². The van der Waals surface area contributed by atoms with Crippen molar-refractivity contribution in [2.24, 2.45) is 0 Å². The fourth-order valence-electron chi connectivity index (χ4n) is 2.77. The van der Waals surface area contributed by atoms with Gasteiger partial charge in [0, 0.05) is 26.7 Å². The fraction of sp³-hybridized carbons (Fsp3) is 0.588. The highest BCUT2D eigenvalue weighted by Crippen LogP contribution is 2.23. The molecule has 0 saturated carbocycles. The van der Waals surface area contributed by atoms with E-state index < -0.39 is 0 Å². The molecule has 0 bridgehead atoms. The molecule has 0 atom stereocenters. The molecule has 1 amide bonds. The minimum Gasteiger partial charge on any atom is -0.384 e. The Hall–Kier alpha value is -0.810. The van der Waals surface area contributed by atoms with Gasteiger partial charge in [0.2, 0.25) is 5.91 Å². The zero-order valence-electron chi connectivity index (χ0n) is 13.6. The van der Waals surface area contributed by atoms with E-state index in [1.807, 2.05) is 17.0 Å². The lowest BCUT2D eigenvalue weighted by atomic mass is 10.2. The zero-order valence-corrected chi connectivity index (χ0v) is 15.1. The van der Waals surface area contributed by atoms with Crippen molar-refractivity contribution in [1.29, 1.82) is 0 Å². The van der Waals surface area contributed by atoms with E-state index in [1.54, 1.807) is 13.2 Å². The SMILES string of the molecule is COCCC(=O)N(CCN1CCCC1)Cc1ccc(Cl)c(Cl)c1. The van der Waals surface area contributed by atoms with E-state index in [-0.39, 0.29) is 5.91 Å². The van der Waals surface area contributed by atoms with E-state index >= 15 is 0 Å². The van der Waals surface area contributed by atoms with Gasteiger partial charge in [0.1, 0.15) is 0 Å². The summed E-state index contributed by atoms with van der Waals surface area (Å²) >= 11 is 12.0. The average molecular weight is 359 g/mol. The van der Waals surface area contributed by atoms with Crippen LogP contribution in [0.4, 0.5) is 0 Å². The molecule has 2 rings (SSSR count). The van der Waals surface area contributed by atoms with Crippen molar-refractivity contribution in [2.75, 3.05) is 39.9 Å². The van der Waals surface area contributed by atoms with E-state index in [0.717, 1.165) is 31.7 Å². The lowest BCUT2D eigenvalue weighted by Gasteiger charge is -2.26. The molecule has 128 valence electrons. The largest absolute Gasteiger partial charge is 0.384 e. The van der Waals surface area contributed by atoms with E-state index in [0.29, 0.717) is 29.6 Å². The highest BCUT2D eigenvalue weighted by molar-refractivity contribution is 6.42. The second-order valence-corrected chi connectivity index (χ2v) is 6.67. The van der Waals surface area contributed by atoms with Crippen LogP contribution in [0.1, 0.15) is 24.8 Å². The molecule has 0 spiro atoms. The summed E-state index contributed by atoms with van der Waals surface area (Å²) in [6.45, 7) is 4.90. The second kappa shape index (κ2) is 9.48. The van der Waals surface area contributed by atoms with E-state index in [1.165, 1.54) is 12.8 Å². The van der Waals surface area contributed by atoms with Crippen molar-refractivity contribution in [3.05, 3.63) is 33.8 Å². The van der Waals surface area contributed by atoms with Crippen LogP contribution in [-0.4, -0.2) is 55.6 Å². The molecule has 1 aromatic rings. The van der Waals surface area contributed by atoms with E-state index in [2.05, 4.69) is 4.90 Å². The fourth-order valence-corrected chi connectivity index (χ4v) is 3.09. The van der Waals surface area contributed by atoms with Crippen LogP contribution < -0.4 is 0 Å². The number of nitrogens with zero attached hydrogens (tertiary/aromatic N) is 2. The maximum Gasteiger partial charge on any atom is 0.225 e. The van der Waals surface area contributed by atoms with Crippen molar-refractivity contribution >= 4 is 29.1 Å². The Morgan fingerprint density at radius 1 is 1.26 bits per heavy atom. The highest BCUT2D eigenvalue weighted by Gasteiger charge is 2.17. The van der Waals surface area contributed by atoms with Gasteiger partial charge in [-0.15, -0.1) is 0 Å². The van der Waals surface area contributed by atoms with Crippen LogP contribution in [0.15, 0.2) is 18.2 Å². The maximum absolute atomic E-state index is 12.4. The summed E-state index contributed by atoms with van der Waals surface area (Å²) in [5, 5.41) is 1.05. The van der Waals surface area contributed by atoms with E-state index in [4.69, 9.17) is 27.9 Å². The van der Waals surface area contributed by atoms with Gasteiger partial charge in [-0.1, -0.05) is 29.3 Å². The van der Waals surface area contributed by atoms with Crippen LogP contribution in [0.2, 0.25) is 10.0 Å². The van der Waals surface area contributed by atoms with Crippen molar-refractivity contribution in [3.63, 3.8) is 0 Å². The van der Waals surface area contributed by atoms with Crippen molar-refractivity contribution in [3.8, 4) is 0 Å². The lowest BCUT2D eigenvalue weighted by Crippen LogP contribution is -2.37. The van der Waals surface area contributed by atoms with Gasteiger partial charge in [0.05, 0.1) is 23.1 Å². The third-order valence-electron chi connectivity index (χ3n) is 4.12. The summed E-state index contributed by atoms with van der Waals surface area (Å²) in [5.74, 6) is 0.108. The number of likely N-dealkylation sites (tertiary alicyclic amines) is 1. The number of carbonyl (C=O) groups is 1. The van der Waals surface area contributed by atoms with Crippen LogP contribution in [0.3, 0.4) is 0 Å². The number of ether oxygens (including phenoxy) is 1. The van der Waals surface area contributed by atoms with Crippen LogP contribution >= 0.6 is 23.2 Å². The minimum absolute atomic E-state index is 0.108. The normalized spacial score (nSPS) is 15.1. The Morgan fingerprint density at radius 3 is 2.65 bits per heavy atom.